The molecule has 2 heteroatoms. The fraction of sp³-hybridized carbons (Fsp3) is 0.182. The number of cyclic esters (lactones) is 1. The molecule has 0 radical (unpaired) electrons. The summed E-state index contributed by atoms with van der Waals surface area (Å²) in [5, 5.41) is 0. The predicted octanol–water partition coefficient (Wildman–Crippen LogP) is 2.02. The van der Waals surface area contributed by atoms with E-state index in [9.17, 15) is 4.79 Å². The summed E-state index contributed by atoms with van der Waals surface area (Å²) in [6.07, 6.45) is 2.75. The molecule has 1 heterocycles. The maximum Gasteiger partial charge on any atom is 0.338 e. The first-order chi connectivity index (χ1) is 6.38. The molecule has 1 aliphatic rings. The Morgan fingerprint density at radius 3 is 2.62 bits per heavy atom. The number of carbonyl (C=O) groups is 1. The second-order valence-electron chi connectivity index (χ2n) is 2.91. The van der Waals surface area contributed by atoms with Crippen molar-refractivity contribution >= 4 is 11.5 Å². The number of ether oxygens (including phenoxy) is 1. The highest BCUT2D eigenvalue weighted by Crippen LogP contribution is 2.19. The monoisotopic (exact) mass is 174 g/mol. The van der Waals surface area contributed by atoms with Crippen molar-refractivity contribution in [1.82, 2.24) is 0 Å². The summed E-state index contributed by atoms with van der Waals surface area (Å²) in [6.45, 7) is 0.509. The smallest absolute Gasteiger partial charge is 0.338 e. The molecule has 0 bridgehead atoms. The van der Waals surface area contributed by atoms with Gasteiger partial charge in [0.25, 0.3) is 0 Å². The third-order valence-electron chi connectivity index (χ3n) is 2.00. The first kappa shape index (κ1) is 8.05. The summed E-state index contributed by atoms with van der Waals surface area (Å²) >= 11 is 0. The van der Waals surface area contributed by atoms with Crippen molar-refractivity contribution in [1.29, 1.82) is 0 Å². The van der Waals surface area contributed by atoms with Crippen molar-refractivity contribution in [2.45, 2.75) is 6.42 Å². The zero-order valence-corrected chi connectivity index (χ0v) is 7.19. The van der Waals surface area contributed by atoms with E-state index in [0.717, 1.165) is 12.0 Å². The van der Waals surface area contributed by atoms with Gasteiger partial charge in [0, 0.05) is 6.42 Å². The summed E-state index contributed by atoms with van der Waals surface area (Å²) in [7, 11) is 0. The topological polar surface area (TPSA) is 26.3 Å². The van der Waals surface area contributed by atoms with Gasteiger partial charge in [0.1, 0.15) is 0 Å². The molecule has 2 nitrogen and oxygen atoms in total. The number of hydrogen-bond donors (Lipinski definition) is 0. The molecule has 1 aromatic rings. The summed E-state index contributed by atoms with van der Waals surface area (Å²) in [6, 6.07) is 9.59. The lowest BCUT2D eigenvalue weighted by Crippen LogP contribution is -2.12. The summed E-state index contributed by atoms with van der Waals surface area (Å²) in [5.74, 6) is -0.211. The third kappa shape index (κ3) is 1.61. The van der Waals surface area contributed by atoms with Crippen LogP contribution in [0.5, 0.6) is 0 Å². The fourth-order valence-corrected chi connectivity index (χ4v) is 1.37. The number of esters is 1. The lowest BCUT2D eigenvalue weighted by Gasteiger charge is -2.12. The van der Waals surface area contributed by atoms with Crippen LogP contribution >= 0.6 is 0 Å². The second kappa shape index (κ2) is 3.44. The Morgan fingerprint density at radius 1 is 1.15 bits per heavy atom. The Kier molecular flexibility index (Phi) is 2.13. The van der Waals surface area contributed by atoms with E-state index in [4.69, 9.17) is 4.74 Å². The molecule has 1 aromatic carbocycles. The van der Waals surface area contributed by atoms with Crippen molar-refractivity contribution in [3.05, 3.63) is 42.0 Å². The van der Waals surface area contributed by atoms with Gasteiger partial charge in [-0.05, 0) is 5.56 Å². The molecule has 0 amide bonds. The average molecular weight is 174 g/mol. The standard InChI is InChI=1S/C11H10O2/c12-11-10(7-4-8-13-11)9-5-2-1-3-6-9/h1-3,5-7H,4,8H2. The van der Waals surface area contributed by atoms with E-state index in [1.807, 2.05) is 36.4 Å². The van der Waals surface area contributed by atoms with Crippen molar-refractivity contribution in [2.24, 2.45) is 0 Å². The Balaban J connectivity index is 2.35. The van der Waals surface area contributed by atoms with Crippen LogP contribution in [-0.2, 0) is 9.53 Å². The highest BCUT2D eigenvalue weighted by Gasteiger charge is 2.15. The normalized spacial score (nSPS) is 16.3. The first-order valence-electron chi connectivity index (χ1n) is 4.30. The van der Waals surface area contributed by atoms with E-state index < -0.39 is 0 Å². The van der Waals surface area contributed by atoms with Gasteiger partial charge in [-0.15, -0.1) is 0 Å². The zero-order valence-electron chi connectivity index (χ0n) is 7.19. The van der Waals surface area contributed by atoms with Crippen LogP contribution in [0.2, 0.25) is 0 Å². The van der Waals surface area contributed by atoms with Gasteiger partial charge >= 0.3 is 5.97 Å². The van der Waals surface area contributed by atoms with E-state index in [2.05, 4.69) is 0 Å². The molecule has 0 aliphatic carbocycles. The molecule has 0 N–H and O–H groups in total. The van der Waals surface area contributed by atoms with Crippen LogP contribution in [0.15, 0.2) is 36.4 Å². The molecule has 0 aromatic heterocycles. The molecule has 13 heavy (non-hydrogen) atoms. The fourth-order valence-electron chi connectivity index (χ4n) is 1.37. The van der Waals surface area contributed by atoms with E-state index in [1.54, 1.807) is 0 Å². The molecule has 0 unspecified atom stereocenters. The Labute approximate surface area is 76.8 Å². The van der Waals surface area contributed by atoms with Crippen LogP contribution in [0.1, 0.15) is 12.0 Å². The van der Waals surface area contributed by atoms with E-state index >= 15 is 0 Å². The lowest BCUT2D eigenvalue weighted by molar-refractivity contribution is -0.137. The van der Waals surface area contributed by atoms with E-state index in [0.29, 0.717) is 12.2 Å². The van der Waals surface area contributed by atoms with E-state index in [-0.39, 0.29) is 5.97 Å². The Hall–Kier alpha value is -1.57. The average Bonchev–Trinajstić information content (AvgIpc) is 2.20. The van der Waals surface area contributed by atoms with Crippen LogP contribution < -0.4 is 0 Å². The van der Waals surface area contributed by atoms with Gasteiger partial charge in [-0.25, -0.2) is 4.79 Å². The molecule has 0 saturated carbocycles. The van der Waals surface area contributed by atoms with Crippen LogP contribution in [0.3, 0.4) is 0 Å². The van der Waals surface area contributed by atoms with Gasteiger partial charge in [-0.2, -0.15) is 0 Å². The van der Waals surface area contributed by atoms with Gasteiger partial charge in [0.15, 0.2) is 0 Å². The third-order valence-corrected chi connectivity index (χ3v) is 2.00. The Morgan fingerprint density at radius 2 is 1.92 bits per heavy atom. The van der Waals surface area contributed by atoms with Gasteiger partial charge in [0.2, 0.25) is 0 Å². The van der Waals surface area contributed by atoms with Crippen molar-refractivity contribution < 1.29 is 9.53 Å². The number of rotatable bonds is 1. The second-order valence-corrected chi connectivity index (χ2v) is 2.91. The van der Waals surface area contributed by atoms with Crippen molar-refractivity contribution in [3.8, 4) is 0 Å². The van der Waals surface area contributed by atoms with Gasteiger partial charge in [0.05, 0.1) is 12.2 Å². The molecule has 2 rings (SSSR count). The van der Waals surface area contributed by atoms with Gasteiger partial charge in [-0.1, -0.05) is 36.4 Å². The molecule has 0 atom stereocenters. The number of benzene rings is 1. The maximum atomic E-state index is 11.3. The van der Waals surface area contributed by atoms with E-state index in [1.165, 1.54) is 0 Å². The quantitative estimate of drug-likeness (QED) is 0.609. The number of carbonyl (C=O) groups excluding carboxylic acids is 1. The molecule has 0 fully saturated rings. The minimum Gasteiger partial charge on any atom is -0.462 e. The molecule has 0 saturated heterocycles. The van der Waals surface area contributed by atoms with Crippen molar-refractivity contribution in [3.63, 3.8) is 0 Å². The maximum absolute atomic E-state index is 11.3. The molecular weight excluding hydrogens is 164 g/mol. The summed E-state index contributed by atoms with van der Waals surface area (Å²) in [4.78, 5) is 11.3. The molecule has 66 valence electrons. The summed E-state index contributed by atoms with van der Waals surface area (Å²) < 4.78 is 4.94. The minimum absolute atomic E-state index is 0.211. The highest BCUT2D eigenvalue weighted by atomic mass is 16.5. The largest absolute Gasteiger partial charge is 0.462 e. The molecule has 1 aliphatic heterocycles. The first-order valence-corrected chi connectivity index (χ1v) is 4.30. The van der Waals surface area contributed by atoms with Crippen LogP contribution in [0.25, 0.3) is 5.57 Å². The highest BCUT2D eigenvalue weighted by molar-refractivity contribution is 6.16. The molecular formula is C11H10O2. The lowest BCUT2D eigenvalue weighted by atomic mass is 10.0. The van der Waals surface area contributed by atoms with Gasteiger partial charge in [-0.3, -0.25) is 0 Å². The minimum atomic E-state index is -0.211. The summed E-state index contributed by atoms with van der Waals surface area (Å²) in [5.41, 5.74) is 1.62. The van der Waals surface area contributed by atoms with Crippen molar-refractivity contribution in [2.75, 3.05) is 6.61 Å². The Bertz CT molecular complexity index is 338. The predicted molar refractivity (Wildman–Crippen MR) is 50.0 cm³/mol. The van der Waals surface area contributed by atoms with Crippen LogP contribution in [0, 0.1) is 0 Å². The molecule has 0 spiro atoms. The van der Waals surface area contributed by atoms with Gasteiger partial charge < -0.3 is 4.74 Å². The van der Waals surface area contributed by atoms with Crippen LogP contribution in [-0.4, -0.2) is 12.6 Å². The SMILES string of the molecule is O=C1OCCC=C1c1ccccc1. The zero-order chi connectivity index (χ0) is 9.10. The number of hydrogen-bond acceptors (Lipinski definition) is 2. The van der Waals surface area contributed by atoms with Crippen LogP contribution in [0.4, 0.5) is 0 Å².